The minimum atomic E-state index is -0.415. The summed E-state index contributed by atoms with van der Waals surface area (Å²) in [6.07, 6.45) is 6.05. The molecule has 0 aromatic heterocycles. The first-order valence-electron chi connectivity index (χ1n) is 8.30. The van der Waals surface area contributed by atoms with Crippen LogP contribution >= 0.6 is 0 Å². The zero-order valence-electron chi connectivity index (χ0n) is 13.9. The highest BCUT2D eigenvalue weighted by molar-refractivity contribution is 5.95. The van der Waals surface area contributed by atoms with Crippen LogP contribution in [0, 0.1) is 0 Å². The average Bonchev–Trinajstić information content (AvgIpc) is 2.64. The van der Waals surface area contributed by atoms with E-state index in [9.17, 15) is 4.79 Å². The molecule has 0 atom stereocenters. The van der Waals surface area contributed by atoms with Crippen LogP contribution in [0.1, 0.15) is 25.7 Å². The summed E-state index contributed by atoms with van der Waals surface area (Å²) in [5.74, 6) is 0. The highest BCUT2D eigenvalue weighted by atomic mass is 16.7. The third-order valence-electron chi connectivity index (χ3n) is 4.10. The largest absolute Gasteiger partial charge is 0.443 e. The van der Waals surface area contributed by atoms with Crippen molar-refractivity contribution in [1.82, 2.24) is 5.06 Å². The Morgan fingerprint density at radius 1 is 0.917 bits per heavy atom. The molecule has 1 amide bonds. The number of hydrogen-bond acceptors (Lipinski definition) is 3. The number of carbonyl (C=O) groups is 1. The van der Waals surface area contributed by atoms with Crippen LogP contribution in [0.5, 0.6) is 0 Å². The van der Waals surface area contributed by atoms with Crippen LogP contribution < -0.4 is 4.90 Å². The summed E-state index contributed by atoms with van der Waals surface area (Å²) in [7, 11) is 1.79. The summed E-state index contributed by atoms with van der Waals surface area (Å²) >= 11 is 0. The van der Waals surface area contributed by atoms with Crippen LogP contribution in [0.2, 0.25) is 0 Å². The Bertz CT molecular complexity index is 659. The van der Waals surface area contributed by atoms with Gasteiger partial charge in [0.05, 0.1) is 11.4 Å². The summed E-state index contributed by atoms with van der Waals surface area (Å²) in [5.41, 5.74) is 2.62. The fourth-order valence-electron chi connectivity index (χ4n) is 2.84. The number of benzene rings is 2. The molecular formula is C20H22N2O2. The molecule has 1 aliphatic carbocycles. The van der Waals surface area contributed by atoms with Gasteiger partial charge in [-0.25, -0.2) is 14.8 Å². The van der Waals surface area contributed by atoms with Crippen molar-refractivity contribution in [3.05, 3.63) is 72.4 Å². The quantitative estimate of drug-likeness (QED) is 0.719. The number of carbonyl (C=O) groups excluding carboxylic acids is 1. The second-order valence-corrected chi connectivity index (χ2v) is 5.80. The van der Waals surface area contributed by atoms with E-state index in [0.29, 0.717) is 0 Å². The zero-order valence-corrected chi connectivity index (χ0v) is 13.9. The first-order valence-corrected chi connectivity index (χ1v) is 8.30. The predicted octanol–water partition coefficient (Wildman–Crippen LogP) is 5.27. The van der Waals surface area contributed by atoms with Crippen LogP contribution in [0.4, 0.5) is 16.2 Å². The van der Waals surface area contributed by atoms with Crippen LogP contribution in [0.3, 0.4) is 0 Å². The molecule has 0 spiro atoms. The molecule has 0 unspecified atom stereocenters. The molecule has 3 rings (SSSR count). The molecule has 4 nitrogen and oxygen atoms in total. The maximum Gasteiger partial charge on any atom is 0.443 e. The van der Waals surface area contributed by atoms with Crippen LogP contribution in [-0.4, -0.2) is 18.2 Å². The van der Waals surface area contributed by atoms with Crippen molar-refractivity contribution < 1.29 is 9.63 Å². The first-order chi connectivity index (χ1) is 11.8. The molecule has 0 radical (unpaired) electrons. The normalized spacial score (nSPS) is 13.8. The number of nitrogens with zero attached hydrogens (tertiary/aromatic N) is 2. The predicted molar refractivity (Wildman–Crippen MR) is 95.8 cm³/mol. The lowest BCUT2D eigenvalue weighted by Gasteiger charge is -2.28. The Morgan fingerprint density at radius 3 is 2.00 bits per heavy atom. The first kappa shape index (κ1) is 16.1. The number of anilines is 2. The molecule has 1 aliphatic rings. The van der Waals surface area contributed by atoms with Gasteiger partial charge < -0.3 is 4.84 Å². The lowest BCUT2D eigenvalue weighted by molar-refractivity contribution is -0.0463. The second-order valence-electron chi connectivity index (χ2n) is 5.80. The molecule has 2 aromatic carbocycles. The van der Waals surface area contributed by atoms with Gasteiger partial charge in [0, 0.05) is 12.7 Å². The lowest BCUT2D eigenvalue weighted by Crippen LogP contribution is -2.33. The summed E-state index contributed by atoms with van der Waals surface area (Å²) in [6, 6.07) is 19.1. The maximum absolute atomic E-state index is 12.8. The van der Waals surface area contributed by atoms with Gasteiger partial charge in [-0.2, -0.15) is 0 Å². The summed E-state index contributed by atoms with van der Waals surface area (Å²) < 4.78 is 0. The van der Waals surface area contributed by atoms with Crippen molar-refractivity contribution in [2.45, 2.75) is 25.7 Å². The Labute approximate surface area is 142 Å². The third kappa shape index (κ3) is 3.77. The monoisotopic (exact) mass is 322 g/mol. The molecule has 0 saturated carbocycles. The van der Waals surface area contributed by atoms with Gasteiger partial charge in [-0.3, -0.25) is 0 Å². The van der Waals surface area contributed by atoms with Gasteiger partial charge in [-0.15, -0.1) is 0 Å². The van der Waals surface area contributed by atoms with E-state index in [2.05, 4.69) is 6.08 Å². The molecule has 24 heavy (non-hydrogen) atoms. The minimum absolute atomic E-state index is 0.415. The Morgan fingerprint density at radius 2 is 1.50 bits per heavy atom. The van der Waals surface area contributed by atoms with Crippen molar-refractivity contribution >= 4 is 17.5 Å². The highest BCUT2D eigenvalue weighted by Crippen LogP contribution is 2.27. The summed E-state index contributed by atoms with van der Waals surface area (Å²) in [4.78, 5) is 20.0. The summed E-state index contributed by atoms with van der Waals surface area (Å²) in [6.45, 7) is 0. The van der Waals surface area contributed by atoms with E-state index >= 15 is 0 Å². The van der Waals surface area contributed by atoms with Gasteiger partial charge in [-0.1, -0.05) is 42.5 Å². The smallest absolute Gasteiger partial charge is 0.321 e. The Kier molecular flexibility index (Phi) is 5.16. The van der Waals surface area contributed by atoms with Crippen molar-refractivity contribution in [3.8, 4) is 0 Å². The van der Waals surface area contributed by atoms with Crippen molar-refractivity contribution in [2.24, 2.45) is 0 Å². The van der Waals surface area contributed by atoms with Gasteiger partial charge in [0.1, 0.15) is 0 Å². The molecule has 0 N–H and O–H groups in total. The van der Waals surface area contributed by atoms with E-state index < -0.39 is 6.09 Å². The average molecular weight is 322 g/mol. The number of amides is 1. The van der Waals surface area contributed by atoms with Gasteiger partial charge in [0.15, 0.2) is 0 Å². The standard InChI is InChI=1S/C20H22N2O2/c1-21(17-11-5-2-6-12-17)24-20(23)22(18-13-7-3-8-14-18)19-15-9-4-10-16-19/h3-4,7-11,13-16H,2,5-6,12H2,1H3. The fraction of sp³-hybridized carbons (Fsp3) is 0.250. The van der Waals surface area contributed by atoms with E-state index in [0.717, 1.165) is 36.3 Å². The SMILES string of the molecule is CN(OC(=O)N(c1ccccc1)c1ccccc1)C1=CCCCC1. The molecule has 4 heteroatoms. The van der Waals surface area contributed by atoms with E-state index in [1.807, 2.05) is 60.7 Å². The van der Waals surface area contributed by atoms with E-state index in [1.54, 1.807) is 17.0 Å². The fourth-order valence-corrected chi connectivity index (χ4v) is 2.84. The van der Waals surface area contributed by atoms with Gasteiger partial charge in [-0.05, 0) is 49.9 Å². The van der Waals surface area contributed by atoms with Crippen LogP contribution in [0.25, 0.3) is 0 Å². The van der Waals surface area contributed by atoms with Crippen molar-refractivity contribution in [3.63, 3.8) is 0 Å². The second kappa shape index (κ2) is 7.68. The molecule has 0 saturated heterocycles. The molecule has 124 valence electrons. The third-order valence-corrected chi connectivity index (χ3v) is 4.10. The molecule has 0 fully saturated rings. The summed E-state index contributed by atoms with van der Waals surface area (Å²) in [5, 5.41) is 1.60. The van der Waals surface area contributed by atoms with Crippen molar-refractivity contribution in [2.75, 3.05) is 11.9 Å². The van der Waals surface area contributed by atoms with Crippen molar-refractivity contribution in [1.29, 1.82) is 0 Å². The number of para-hydroxylation sites is 2. The van der Waals surface area contributed by atoms with Gasteiger partial charge in [0.2, 0.25) is 0 Å². The molecule has 0 bridgehead atoms. The lowest BCUT2D eigenvalue weighted by atomic mass is 10.1. The zero-order chi connectivity index (χ0) is 16.8. The van der Waals surface area contributed by atoms with E-state index in [1.165, 1.54) is 6.42 Å². The molecular weight excluding hydrogens is 300 g/mol. The minimum Gasteiger partial charge on any atom is -0.321 e. The van der Waals surface area contributed by atoms with E-state index in [-0.39, 0.29) is 0 Å². The van der Waals surface area contributed by atoms with Crippen LogP contribution in [-0.2, 0) is 4.84 Å². The number of hydroxylamine groups is 2. The van der Waals surface area contributed by atoms with E-state index in [4.69, 9.17) is 4.84 Å². The number of allylic oxidation sites excluding steroid dienone is 2. The topological polar surface area (TPSA) is 32.8 Å². The molecule has 2 aromatic rings. The van der Waals surface area contributed by atoms with Gasteiger partial charge >= 0.3 is 6.09 Å². The highest BCUT2D eigenvalue weighted by Gasteiger charge is 2.22. The van der Waals surface area contributed by atoms with Gasteiger partial charge in [0.25, 0.3) is 0 Å². The van der Waals surface area contributed by atoms with Crippen LogP contribution in [0.15, 0.2) is 72.4 Å². The number of rotatable bonds is 4. The Hall–Kier alpha value is -2.75. The maximum atomic E-state index is 12.8. The molecule has 0 heterocycles. The number of hydrogen-bond donors (Lipinski definition) is 0. The Balaban J connectivity index is 1.83. The molecule has 0 aliphatic heterocycles.